The molecule has 0 spiro atoms. The molecule has 0 aliphatic rings. The van der Waals surface area contributed by atoms with Gasteiger partial charge >= 0.3 is 0 Å². The lowest BCUT2D eigenvalue weighted by molar-refractivity contribution is 0.0760. The molecule has 0 radical (unpaired) electrons. The van der Waals surface area contributed by atoms with Gasteiger partial charge in [0.1, 0.15) is 4.90 Å². The van der Waals surface area contributed by atoms with Crippen LogP contribution in [0.3, 0.4) is 0 Å². The van der Waals surface area contributed by atoms with E-state index in [2.05, 4.69) is 22.9 Å². The maximum absolute atomic E-state index is 12.0. The second kappa shape index (κ2) is 6.53. The lowest BCUT2D eigenvalue weighted by atomic mass is 10.2. The van der Waals surface area contributed by atoms with Gasteiger partial charge in [-0.05, 0) is 22.4 Å². The molecule has 1 heterocycles. The van der Waals surface area contributed by atoms with E-state index in [0.29, 0.717) is 6.54 Å². The van der Waals surface area contributed by atoms with Crippen molar-refractivity contribution in [2.75, 3.05) is 13.6 Å². The maximum Gasteiger partial charge on any atom is 0.289 e. The molecule has 0 fully saturated rings. The van der Waals surface area contributed by atoms with Crippen molar-refractivity contribution in [2.24, 2.45) is 5.14 Å². The number of furan rings is 1. The van der Waals surface area contributed by atoms with Crippen molar-refractivity contribution in [3.63, 3.8) is 0 Å². The van der Waals surface area contributed by atoms with Crippen LogP contribution in [0, 0.1) is 0 Å². The summed E-state index contributed by atoms with van der Waals surface area (Å²) in [5, 5.41) is 5.00. The molecule has 0 unspecified atom stereocenters. The second-order valence-electron chi connectivity index (χ2n) is 4.23. The number of nitrogens with zero attached hydrogens (tertiary/aromatic N) is 1. The van der Waals surface area contributed by atoms with E-state index in [1.165, 1.54) is 4.90 Å². The van der Waals surface area contributed by atoms with E-state index in [1.54, 1.807) is 7.05 Å². The minimum Gasteiger partial charge on any atom is -0.443 e. The number of amides is 1. The molecule has 0 aliphatic heterocycles. The molecule has 1 aromatic heterocycles. The van der Waals surface area contributed by atoms with Crippen LogP contribution >= 0.6 is 15.9 Å². The number of sulfonamides is 1. The number of hydrogen-bond acceptors (Lipinski definition) is 4. The third-order valence-electron chi connectivity index (χ3n) is 2.62. The predicted octanol–water partition coefficient (Wildman–Crippen LogP) is 1.95. The molecule has 2 N–H and O–H groups in total. The Bertz CT molecular complexity index is 553. The van der Waals surface area contributed by atoms with Crippen molar-refractivity contribution < 1.29 is 17.6 Å². The zero-order valence-electron chi connectivity index (χ0n) is 10.8. The zero-order chi connectivity index (χ0) is 14.6. The topological polar surface area (TPSA) is 93.6 Å². The molecule has 0 saturated heterocycles. The smallest absolute Gasteiger partial charge is 0.289 e. The number of carbonyl (C=O) groups is 1. The van der Waals surface area contributed by atoms with Crippen LogP contribution in [0.2, 0.25) is 0 Å². The van der Waals surface area contributed by atoms with Crippen molar-refractivity contribution in [2.45, 2.75) is 31.1 Å². The van der Waals surface area contributed by atoms with Crippen LogP contribution in [-0.2, 0) is 10.0 Å². The van der Waals surface area contributed by atoms with Crippen LogP contribution in [0.15, 0.2) is 20.0 Å². The van der Waals surface area contributed by atoms with E-state index in [-0.39, 0.29) is 21.2 Å². The van der Waals surface area contributed by atoms with Crippen LogP contribution in [0.25, 0.3) is 0 Å². The van der Waals surface area contributed by atoms with Crippen LogP contribution in [0.4, 0.5) is 0 Å². The van der Waals surface area contributed by atoms with Gasteiger partial charge in [-0.15, -0.1) is 0 Å². The summed E-state index contributed by atoms with van der Waals surface area (Å²) in [4.78, 5) is 13.3. The summed E-state index contributed by atoms with van der Waals surface area (Å²) in [6, 6.07) is 1.14. The standard InChI is InChI=1S/C11H17BrN2O4S/c1-3-4-5-6-14(2)11(15)8-7-9(10(12)18-8)19(13,16)17/h7H,3-6H2,1-2H3,(H2,13,16,17). The monoisotopic (exact) mass is 352 g/mol. The fraction of sp³-hybridized carbons (Fsp3) is 0.545. The third-order valence-corrected chi connectivity index (χ3v) is 4.38. The summed E-state index contributed by atoms with van der Waals surface area (Å²) in [5.74, 6) is -0.415. The summed E-state index contributed by atoms with van der Waals surface area (Å²) in [6.45, 7) is 2.67. The fourth-order valence-electron chi connectivity index (χ4n) is 1.54. The molecule has 0 aromatic carbocycles. The van der Waals surface area contributed by atoms with Gasteiger partial charge < -0.3 is 9.32 Å². The number of primary sulfonamides is 1. The Morgan fingerprint density at radius 2 is 2.11 bits per heavy atom. The number of hydrogen-bond donors (Lipinski definition) is 1. The highest BCUT2D eigenvalue weighted by molar-refractivity contribution is 9.10. The Morgan fingerprint density at radius 3 is 2.58 bits per heavy atom. The van der Waals surface area contributed by atoms with Gasteiger partial charge in [0.25, 0.3) is 5.91 Å². The minimum absolute atomic E-state index is 0.0464. The van der Waals surface area contributed by atoms with Crippen LogP contribution in [0.5, 0.6) is 0 Å². The molecule has 1 amide bonds. The Labute approximate surface area is 121 Å². The third kappa shape index (κ3) is 4.32. The molecule has 0 aliphatic carbocycles. The van der Waals surface area contributed by atoms with E-state index in [9.17, 15) is 13.2 Å². The Balaban J connectivity index is 2.84. The van der Waals surface area contributed by atoms with Crippen LogP contribution in [-0.4, -0.2) is 32.8 Å². The largest absolute Gasteiger partial charge is 0.443 e. The summed E-state index contributed by atoms with van der Waals surface area (Å²) >= 11 is 2.94. The normalized spacial score (nSPS) is 11.6. The van der Waals surface area contributed by atoms with Crippen molar-refractivity contribution in [1.82, 2.24) is 4.90 Å². The molecule has 0 atom stereocenters. The van der Waals surface area contributed by atoms with Gasteiger partial charge in [0.2, 0.25) is 10.0 Å². The van der Waals surface area contributed by atoms with Gasteiger partial charge in [-0.25, -0.2) is 13.6 Å². The van der Waals surface area contributed by atoms with E-state index < -0.39 is 10.0 Å². The van der Waals surface area contributed by atoms with Crippen molar-refractivity contribution in [3.8, 4) is 0 Å². The fourth-order valence-corrected chi connectivity index (χ4v) is 3.04. The van der Waals surface area contributed by atoms with E-state index >= 15 is 0 Å². The first-order chi connectivity index (χ1) is 8.77. The SMILES string of the molecule is CCCCCN(C)C(=O)c1cc(S(N)(=O)=O)c(Br)o1. The number of nitrogens with two attached hydrogens (primary N) is 1. The highest BCUT2D eigenvalue weighted by Crippen LogP contribution is 2.25. The first kappa shape index (κ1) is 16.2. The van der Waals surface area contributed by atoms with Gasteiger partial charge in [0, 0.05) is 19.7 Å². The first-order valence-corrected chi connectivity index (χ1v) is 8.19. The number of rotatable bonds is 6. The zero-order valence-corrected chi connectivity index (χ0v) is 13.3. The van der Waals surface area contributed by atoms with Gasteiger partial charge in [-0.2, -0.15) is 0 Å². The molecule has 0 saturated carbocycles. The van der Waals surface area contributed by atoms with Crippen molar-refractivity contribution in [1.29, 1.82) is 0 Å². The quantitative estimate of drug-likeness (QED) is 0.791. The molecule has 0 bridgehead atoms. The lowest BCUT2D eigenvalue weighted by Gasteiger charge is -2.14. The van der Waals surface area contributed by atoms with Crippen molar-refractivity contribution in [3.05, 3.63) is 16.5 Å². The lowest BCUT2D eigenvalue weighted by Crippen LogP contribution is -2.27. The van der Waals surface area contributed by atoms with Gasteiger partial charge in [-0.3, -0.25) is 4.79 Å². The number of halogens is 1. The van der Waals surface area contributed by atoms with E-state index in [1.807, 2.05) is 0 Å². The summed E-state index contributed by atoms with van der Waals surface area (Å²) < 4.78 is 27.5. The number of unbranched alkanes of at least 4 members (excludes halogenated alkanes) is 2. The van der Waals surface area contributed by atoms with E-state index in [4.69, 9.17) is 9.56 Å². The van der Waals surface area contributed by atoms with E-state index in [0.717, 1.165) is 25.3 Å². The molecular weight excluding hydrogens is 336 g/mol. The average Bonchev–Trinajstić information content (AvgIpc) is 2.70. The molecule has 1 rings (SSSR count). The molecule has 19 heavy (non-hydrogen) atoms. The Morgan fingerprint density at radius 1 is 1.47 bits per heavy atom. The second-order valence-corrected chi connectivity index (χ2v) is 6.48. The highest BCUT2D eigenvalue weighted by atomic mass is 79.9. The Hall–Kier alpha value is -0.860. The van der Waals surface area contributed by atoms with Gasteiger partial charge in [0.15, 0.2) is 10.4 Å². The molecule has 8 heteroatoms. The van der Waals surface area contributed by atoms with Crippen LogP contribution in [0.1, 0.15) is 36.7 Å². The number of carbonyl (C=O) groups excluding carboxylic acids is 1. The average molecular weight is 353 g/mol. The maximum atomic E-state index is 12.0. The van der Waals surface area contributed by atoms with Gasteiger partial charge in [0.05, 0.1) is 0 Å². The highest BCUT2D eigenvalue weighted by Gasteiger charge is 2.23. The molecule has 6 nitrogen and oxygen atoms in total. The molecule has 1 aromatic rings. The Kier molecular flexibility index (Phi) is 5.57. The van der Waals surface area contributed by atoms with Crippen molar-refractivity contribution >= 4 is 31.9 Å². The molecule has 108 valence electrons. The predicted molar refractivity (Wildman–Crippen MR) is 74.3 cm³/mol. The first-order valence-electron chi connectivity index (χ1n) is 5.85. The summed E-state index contributed by atoms with van der Waals surface area (Å²) in [7, 11) is -2.26. The van der Waals surface area contributed by atoms with Crippen LogP contribution < -0.4 is 5.14 Å². The summed E-state index contributed by atoms with van der Waals surface area (Å²) in [6.07, 6.45) is 2.98. The summed E-state index contributed by atoms with van der Waals surface area (Å²) in [5.41, 5.74) is 0. The molecular formula is C11H17BrN2O4S. The minimum atomic E-state index is -3.90. The van der Waals surface area contributed by atoms with Gasteiger partial charge in [-0.1, -0.05) is 19.8 Å².